The SMILES string of the molecule is CCCCCCOc1c(N)cc(C2OCCCO2)cc1OC. The molecule has 0 saturated carbocycles. The summed E-state index contributed by atoms with van der Waals surface area (Å²) < 4.78 is 22.5. The average Bonchev–Trinajstić information content (AvgIpc) is 2.56. The Balaban J connectivity index is 2.03. The highest BCUT2D eigenvalue weighted by Crippen LogP contribution is 2.38. The molecule has 0 aromatic heterocycles. The van der Waals surface area contributed by atoms with Crippen LogP contribution in [0.15, 0.2) is 12.1 Å². The quantitative estimate of drug-likeness (QED) is 0.586. The van der Waals surface area contributed by atoms with Crippen molar-refractivity contribution in [3.05, 3.63) is 17.7 Å². The number of nitrogen functional groups attached to an aromatic ring is 1. The van der Waals surface area contributed by atoms with Crippen LogP contribution in [0.4, 0.5) is 5.69 Å². The predicted molar refractivity (Wildman–Crippen MR) is 86.3 cm³/mol. The normalized spacial score (nSPS) is 15.7. The Labute approximate surface area is 132 Å². The maximum atomic E-state index is 6.13. The van der Waals surface area contributed by atoms with Gasteiger partial charge < -0.3 is 24.7 Å². The van der Waals surface area contributed by atoms with E-state index in [0.717, 1.165) is 18.4 Å². The molecule has 0 radical (unpaired) electrons. The molecule has 0 bridgehead atoms. The Hall–Kier alpha value is -1.46. The van der Waals surface area contributed by atoms with E-state index in [1.807, 2.05) is 12.1 Å². The topological polar surface area (TPSA) is 62.9 Å². The summed E-state index contributed by atoms with van der Waals surface area (Å²) in [7, 11) is 1.62. The maximum Gasteiger partial charge on any atom is 0.184 e. The molecule has 0 spiro atoms. The summed E-state index contributed by atoms with van der Waals surface area (Å²) in [5, 5.41) is 0. The van der Waals surface area contributed by atoms with E-state index in [2.05, 4.69) is 6.92 Å². The summed E-state index contributed by atoms with van der Waals surface area (Å²) in [5.74, 6) is 1.24. The van der Waals surface area contributed by atoms with Crippen LogP contribution in [0.5, 0.6) is 11.5 Å². The number of nitrogens with two attached hydrogens (primary N) is 1. The Kier molecular flexibility index (Phi) is 6.80. The third-order valence-electron chi connectivity index (χ3n) is 3.67. The van der Waals surface area contributed by atoms with Crippen LogP contribution in [0, 0.1) is 0 Å². The smallest absolute Gasteiger partial charge is 0.184 e. The average molecular weight is 309 g/mol. The Morgan fingerprint density at radius 1 is 1.18 bits per heavy atom. The van der Waals surface area contributed by atoms with Gasteiger partial charge >= 0.3 is 0 Å². The van der Waals surface area contributed by atoms with Crippen LogP contribution in [0.1, 0.15) is 50.9 Å². The molecular formula is C17H27NO4. The highest BCUT2D eigenvalue weighted by Gasteiger charge is 2.20. The summed E-state index contributed by atoms with van der Waals surface area (Å²) in [6.07, 6.45) is 5.17. The lowest BCUT2D eigenvalue weighted by atomic mass is 10.1. The van der Waals surface area contributed by atoms with Gasteiger partial charge in [0.25, 0.3) is 0 Å². The van der Waals surface area contributed by atoms with Gasteiger partial charge in [0.15, 0.2) is 17.8 Å². The van der Waals surface area contributed by atoms with Gasteiger partial charge in [-0.3, -0.25) is 0 Å². The van der Waals surface area contributed by atoms with Crippen LogP contribution in [0.3, 0.4) is 0 Å². The molecule has 1 aliphatic rings. The highest BCUT2D eigenvalue weighted by atomic mass is 16.7. The van der Waals surface area contributed by atoms with Crippen molar-refractivity contribution in [3.63, 3.8) is 0 Å². The Bertz CT molecular complexity index is 458. The molecule has 22 heavy (non-hydrogen) atoms. The number of hydrogen-bond donors (Lipinski definition) is 1. The molecule has 1 aromatic carbocycles. The van der Waals surface area contributed by atoms with Crippen LogP contribution < -0.4 is 15.2 Å². The van der Waals surface area contributed by atoms with E-state index >= 15 is 0 Å². The molecule has 1 fully saturated rings. The van der Waals surface area contributed by atoms with E-state index in [1.165, 1.54) is 19.3 Å². The first-order chi connectivity index (χ1) is 10.8. The minimum Gasteiger partial charge on any atom is -0.493 e. The summed E-state index contributed by atoms with van der Waals surface area (Å²) >= 11 is 0. The van der Waals surface area contributed by atoms with Gasteiger partial charge in [0, 0.05) is 5.56 Å². The zero-order chi connectivity index (χ0) is 15.8. The molecule has 0 amide bonds. The predicted octanol–water partition coefficient (Wildman–Crippen LogP) is 3.67. The monoisotopic (exact) mass is 309 g/mol. The van der Waals surface area contributed by atoms with Gasteiger partial charge in [0.2, 0.25) is 0 Å². The first-order valence-corrected chi connectivity index (χ1v) is 8.09. The zero-order valence-electron chi connectivity index (χ0n) is 13.6. The molecule has 5 nitrogen and oxygen atoms in total. The van der Waals surface area contributed by atoms with Gasteiger partial charge in [0.1, 0.15) is 0 Å². The van der Waals surface area contributed by atoms with Gasteiger partial charge in [-0.15, -0.1) is 0 Å². The fourth-order valence-corrected chi connectivity index (χ4v) is 2.47. The van der Waals surface area contributed by atoms with Crippen molar-refractivity contribution in [2.75, 3.05) is 32.7 Å². The molecule has 1 aliphatic heterocycles. The van der Waals surface area contributed by atoms with Crippen molar-refractivity contribution in [2.24, 2.45) is 0 Å². The van der Waals surface area contributed by atoms with E-state index in [4.69, 9.17) is 24.7 Å². The number of unbranched alkanes of at least 4 members (excludes halogenated alkanes) is 3. The highest BCUT2D eigenvalue weighted by molar-refractivity contribution is 5.62. The molecule has 1 heterocycles. The molecule has 0 unspecified atom stereocenters. The minimum atomic E-state index is -0.372. The third kappa shape index (κ3) is 4.52. The standard InChI is InChI=1S/C17H27NO4/c1-3-4-5-6-8-20-16-14(18)11-13(12-15(16)19-2)17-21-9-7-10-22-17/h11-12,17H,3-10,18H2,1-2H3. The molecule has 5 heteroatoms. The van der Waals surface area contributed by atoms with E-state index < -0.39 is 0 Å². The van der Waals surface area contributed by atoms with E-state index in [1.54, 1.807) is 7.11 Å². The lowest BCUT2D eigenvalue weighted by Gasteiger charge is -2.24. The fraction of sp³-hybridized carbons (Fsp3) is 0.647. The van der Waals surface area contributed by atoms with E-state index in [9.17, 15) is 0 Å². The number of rotatable bonds is 8. The van der Waals surface area contributed by atoms with Crippen molar-refractivity contribution >= 4 is 5.69 Å². The number of ether oxygens (including phenoxy) is 4. The van der Waals surface area contributed by atoms with Crippen molar-refractivity contribution in [2.45, 2.75) is 45.3 Å². The lowest BCUT2D eigenvalue weighted by Crippen LogP contribution is -2.18. The third-order valence-corrected chi connectivity index (χ3v) is 3.67. The second kappa shape index (κ2) is 8.86. The molecule has 1 saturated heterocycles. The van der Waals surface area contributed by atoms with Crippen molar-refractivity contribution in [3.8, 4) is 11.5 Å². The first-order valence-electron chi connectivity index (χ1n) is 8.09. The molecule has 0 aliphatic carbocycles. The number of anilines is 1. The second-order valence-electron chi connectivity index (χ2n) is 5.48. The molecular weight excluding hydrogens is 282 g/mol. The van der Waals surface area contributed by atoms with Crippen LogP contribution in [0.2, 0.25) is 0 Å². The van der Waals surface area contributed by atoms with Crippen molar-refractivity contribution in [1.82, 2.24) is 0 Å². The first kappa shape index (κ1) is 16.9. The lowest BCUT2D eigenvalue weighted by molar-refractivity contribution is -0.183. The fourth-order valence-electron chi connectivity index (χ4n) is 2.47. The molecule has 2 rings (SSSR count). The minimum absolute atomic E-state index is 0.372. The van der Waals surface area contributed by atoms with Crippen LogP contribution in [-0.4, -0.2) is 26.9 Å². The molecule has 1 aromatic rings. The maximum absolute atomic E-state index is 6.13. The van der Waals surface area contributed by atoms with E-state index in [0.29, 0.717) is 37.0 Å². The van der Waals surface area contributed by atoms with Gasteiger partial charge in [-0.2, -0.15) is 0 Å². The summed E-state index contributed by atoms with van der Waals surface area (Å²) in [5.41, 5.74) is 7.56. The zero-order valence-corrected chi connectivity index (χ0v) is 13.6. The van der Waals surface area contributed by atoms with Gasteiger partial charge in [-0.05, 0) is 25.0 Å². The van der Waals surface area contributed by atoms with Gasteiger partial charge in [0.05, 0.1) is 32.6 Å². The second-order valence-corrected chi connectivity index (χ2v) is 5.48. The largest absolute Gasteiger partial charge is 0.493 e. The van der Waals surface area contributed by atoms with Crippen molar-refractivity contribution in [1.29, 1.82) is 0 Å². The van der Waals surface area contributed by atoms with Crippen LogP contribution >= 0.6 is 0 Å². The molecule has 0 atom stereocenters. The van der Waals surface area contributed by atoms with Gasteiger partial charge in [-0.25, -0.2) is 0 Å². The summed E-state index contributed by atoms with van der Waals surface area (Å²) in [6, 6.07) is 3.73. The Morgan fingerprint density at radius 2 is 1.95 bits per heavy atom. The van der Waals surface area contributed by atoms with Crippen LogP contribution in [-0.2, 0) is 9.47 Å². The van der Waals surface area contributed by atoms with E-state index in [-0.39, 0.29) is 6.29 Å². The van der Waals surface area contributed by atoms with Crippen molar-refractivity contribution < 1.29 is 18.9 Å². The summed E-state index contributed by atoms with van der Waals surface area (Å²) in [4.78, 5) is 0. The number of hydrogen-bond acceptors (Lipinski definition) is 5. The number of methoxy groups -OCH3 is 1. The number of benzene rings is 1. The van der Waals surface area contributed by atoms with Gasteiger partial charge in [-0.1, -0.05) is 26.2 Å². The molecule has 2 N–H and O–H groups in total. The molecule has 124 valence electrons. The Morgan fingerprint density at radius 3 is 2.64 bits per heavy atom. The summed E-state index contributed by atoms with van der Waals surface area (Å²) in [6.45, 7) is 4.23. The van der Waals surface area contributed by atoms with Crippen LogP contribution in [0.25, 0.3) is 0 Å².